The lowest BCUT2D eigenvalue weighted by atomic mass is 10.1. The van der Waals surface area contributed by atoms with Crippen LogP contribution < -0.4 is 9.47 Å². The van der Waals surface area contributed by atoms with Crippen molar-refractivity contribution < 1.29 is 14.3 Å². The third-order valence-corrected chi connectivity index (χ3v) is 5.46. The van der Waals surface area contributed by atoms with Crippen molar-refractivity contribution in [2.75, 3.05) is 13.7 Å². The number of methoxy groups -OCH3 is 1. The Morgan fingerprint density at radius 1 is 1.50 bits per heavy atom. The van der Waals surface area contributed by atoms with E-state index in [2.05, 4.69) is 6.92 Å². The number of benzene rings is 1. The monoisotopic (exact) mass is 361 g/mol. The Labute approximate surface area is 151 Å². The van der Waals surface area contributed by atoms with E-state index >= 15 is 0 Å². The van der Waals surface area contributed by atoms with Gasteiger partial charge in [0.05, 0.1) is 12.0 Å². The number of hydrogen-bond donors (Lipinski definition) is 0. The minimum atomic E-state index is -0.0170. The smallest absolute Gasteiger partial charge is 0.266 e. The molecule has 1 saturated heterocycles. The molecule has 2 heterocycles. The van der Waals surface area contributed by atoms with Crippen LogP contribution in [0.15, 0.2) is 34.8 Å². The summed E-state index contributed by atoms with van der Waals surface area (Å²) in [4.78, 5) is 15.0. The number of para-hydroxylation sites is 1. The lowest BCUT2D eigenvalue weighted by Crippen LogP contribution is -2.36. The molecule has 0 bridgehead atoms. The molecule has 0 spiro atoms. The second-order valence-electron chi connectivity index (χ2n) is 5.70. The Kier molecular flexibility index (Phi) is 4.96. The molecule has 1 fully saturated rings. The van der Waals surface area contributed by atoms with Gasteiger partial charge in [0.25, 0.3) is 5.91 Å². The molecule has 126 valence electrons. The quantitative estimate of drug-likeness (QED) is 0.598. The van der Waals surface area contributed by atoms with Gasteiger partial charge in [0, 0.05) is 11.6 Å². The Morgan fingerprint density at radius 2 is 2.29 bits per heavy atom. The molecule has 0 aliphatic carbocycles. The summed E-state index contributed by atoms with van der Waals surface area (Å²) < 4.78 is 11.8. The average molecular weight is 361 g/mol. The maximum absolute atomic E-state index is 12.6. The topological polar surface area (TPSA) is 38.8 Å². The molecular formula is C18H19NO3S2. The first-order valence-corrected chi connectivity index (χ1v) is 9.05. The van der Waals surface area contributed by atoms with Crippen LogP contribution in [0.2, 0.25) is 0 Å². The highest BCUT2D eigenvalue weighted by Crippen LogP contribution is 2.38. The number of amides is 1. The van der Waals surface area contributed by atoms with Crippen molar-refractivity contribution in [3.8, 4) is 11.5 Å². The minimum absolute atomic E-state index is 0.0170. The van der Waals surface area contributed by atoms with E-state index in [0.717, 1.165) is 23.3 Å². The van der Waals surface area contributed by atoms with E-state index in [0.29, 0.717) is 21.6 Å². The lowest BCUT2D eigenvalue weighted by molar-refractivity contribution is -0.123. The second-order valence-corrected chi connectivity index (χ2v) is 7.37. The Hall–Kier alpha value is -1.79. The second kappa shape index (κ2) is 6.99. The van der Waals surface area contributed by atoms with Crippen molar-refractivity contribution in [2.24, 2.45) is 0 Å². The zero-order valence-electron chi connectivity index (χ0n) is 13.9. The summed E-state index contributed by atoms with van der Waals surface area (Å²) in [5, 5.41) is 0. The number of hydrogen-bond acceptors (Lipinski definition) is 5. The van der Waals surface area contributed by atoms with Gasteiger partial charge in [-0.15, -0.1) is 0 Å². The summed E-state index contributed by atoms with van der Waals surface area (Å²) in [5.74, 6) is 1.44. The van der Waals surface area contributed by atoms with Gasteiger partial charge < -0.3 is 9.47 Å². The molecule has 4 nitrogen and oxygen atoms in total. The highest BCUT2D eigenvalue weighted by molar-refractivity contribution is 8.26. The number of ether oxygens (including phenoxy) is 2. The zero-order chi connectivity index (χ0) is 17.3. The molecule has 3 rings (SSSR count). The molecule has 0 saturated carbocycles. The van der Waals surface area contributed by atoms with Gasteiger partial charge >= 0.3 is 0 Å². The lowest BCUT2D eigenvalue weighted by Gasteiger charge is -2.21. The number of carbonyl (C=O) groups is 1. The van der Waals surface area contributed by atoms with Crippen molar-refractivity contribution in [2.45, 2.75) is 26.3 Å². The maximum atomic E-state index is 12.6. The summed E-state index contributed by atoms with van der Waals surface area (Å²) in [6.07, 6.45) is 4.78. The highest BCUT2D eigenvalue weighted by Gasteiger charge is 2.34. The van der Waals surface area contributed by atoms with Gasteiger partial charge in [0.2, 0.25) is 0 Å². The van der Waals surface area contributed by atoms with Gasteiger partial charge in [-0.05, 0) is 37.1 Å². The van der Waals surface area contributed by atoms with Crippen molar-refractivity contribution in [3.05, 3.63) is 40.3 Å². The number of rotatable bonds is 4. The molecule has 1 atom stereocenters. The van der Waals surface area contributed by atoms with Crippen LogP contribution in [-0.4, -0.2) is 34.9 Å². The SMILES string of the molecule is CCC(C)N1C(=O)/C(=C\C2=Cc3cccc(OC)c3OC2)SC1=S. The molecule has 0 N–H and O–H groups in total. The van der Waals surface area contributed by atoms with Gasteiger partial charge in [0.1, 0.15) is 10.9 Å². The van der Waals surface area contributed by atoms with Crippen LogP contribution in [0.3, 0.4) is 0 Å². The number of thioether (sulfide) groups is 1. The Bertz CT molecular complexity index is 755. The average Bonchev–Trinajstić information content (AvgIpc) is 2.87. The Morgan fingerprint density at radius 3 is 3.00 bits per heavy atom. The maximum Gasteiger partial charge on any atom is 0.266 e. The first-order chi connectivity index (χ1) is 11.5. The molecule has 0 radical (unpaired) electrons. The molecule has 24 heavy (non-hydrogen) atoms. The minimum Gasteiger partial charge on any atom is -0.493 e. The molecule has 6 heteroatoms. The molecule has 0 aromatic heterocycles. The van der Waals surface area contributed by atoms with Crippen LogP contribution in [0.5, 0.6) is 11.5 Å². The van der Waals surface area contributed by atoms with Crippen molar-refractivity contribution in [1.82, 2.24) is 4.90 Å². The van der Waals surface area contributed by atoms with Crippen molar-refractivity contribution >= 4 is 40.3 Å². The molecular weight excluding hydrogens is 342 g/mol. The van der Waals surface area contributed by atoms with E-state index < -0.39 is 0 Å². The third kappa shape index (κ3) is 3.08. The molecule has 2 aliphatic rings. The molecule has 1 amide bonds. The third-order valence-electron chi connectivity index (χ3n) is 4.12. The van der Waals surface area contributed by atoms with Gasteiger partial charge in [-0.2, -0.15) is 0 Å². The Balaban J connectivity index is 1.88. The molecule has 1 aromatic rings. The summed E-state index contributed by atoms with van der Waals surface area (Å²) in [5.41, 5.74) is 1.89. The fourth-order valence-corrected chi connectivity index (χ4v) is 4.13. The first-order valence-electron chi connectivity index (χ1n) is 7.82. The molecule has 2 aliphatic heterocycles. The van der Waals surface area contributed by atoms with E-state index in [1.165, 1.54) is 11.8 Å². The van der Waals surface area contributed by atoms with Crippen LogP contribution in [0, 0.1) is 0 Å². The molecule has 1 aromatic carbocycles. The van der Waals surface area contributed by atoms with E-state index in [1.807, 2.05) is 37.3 Å². The van der Waals surface area contributed by atoms with Gasteiger partial charge in [0.15, 0.2) is 11.5 Å². The van der Waals surface area contributed by atoms with Crippen LogP contribution in [-0.2, 0) is 4.79 Å². The van der Waals surface area contributed by atoms with E-state index in [4.69, 9.17) is 21.7 Å². The fourth-order valence-electron chi connectivity index (χ4n) is 2.65. The predicted molar refractivity (Wildman–Crippen MR) is 101 cm³/mol. The van der Waals surface area contributed by atoms with Crippen molar-refractivity contribution in [3.63, 3.8) is 0 Å². The molecule has 1 unspecified atom stereocenters. The van der Waals surface area contributed by atoms with E-state index in [1.54, 1.807) is 12.0 Å². The summed E-state index contributed by atoms with van der Waals surface area (Å²) in [7, 11) is 1.62. The summed E-state index contributed by atoms with van der Waals surface area (Å²) in [6, 6.07) is 5.87. The van der Waals surface area contributed by atoms with E-state index in [-0.39, 0.29) is 11.9 Å². The van der Waals surface area contributed by atoms with Crippen LogP contribution in [0.1, 0.15) is 25.8 Å². The first kappa shape index (κ1) is 17.0. The van der Waals surface area contributed by atoms with Crippen LogP contribution in [0.4, 0.5) is 0 Å². The largest absolute Gasteiger partial charge is 0.493 e. The van der Waals surface area contributed by atoms with Crippen LogP contribution in [0.25, 0.3) is 6.08 Å². The van der Waals surface area contributed by atoms with Crippen LogP contribution >= 0.6 is 24.0 Å². The fraction of sp³-hybridized carbons (Fsp3) is 0.333. The summed E-state index contributed by atoms with van der Waals surface area (Å²) >= 11 is 6.72. The number of fused-ring (bicyclic) bond motifs is 1. The number of nitrogens with zero attached hydrogens (tertiary/aromatic N) is 1. The van der Waals surface area contributed by atoms with Crippen molar-refractivity contribution in [1.29, 1.82) is 0 Å². The highest BCUT2D eigenvalue weighted by atomic mass is 32.2. The summed E-state index contributed by atoms with van der Waals surface area (Å²) in [6.45, 7) is 4.47. The normalized spacial score (nSPS) is 19.9. The zero-order valence-corrected chi connectivity index (χ0v) is 15.5. The van der Waals surface area contributed by atoms with Gasteiger partial charge in [-0.1, -0.05) is 43.0 Å². The number of carbonyl (C=O) groups excluding carboxylic acids is 1. The standard InChI is InChI=1S/C18H19NO3S2/c1-4-11(2)19-17(20)15(24-18(19)23)9-12-8-13-6-5-7-14(21-3)16(13)22-10-12/h5-9,11H,4,10H2,1-3H3/b15-9+. The van der Waals surface area contributed by atoms with Gasteiger partial charge in [-0.25, -0.2) is 0 Å². The number of thiocarbonyl (C=S) groups is 1. The van der Waals surface area contributed by atoms with E-state index in [9.17, 15) is 4.79 Å². The van der Waals surface area contributed by atoms with Gasteiger partial charge in [-0.3, -0.25) is 9.69 Å². The predicted octanol–water partition coefficient (Wildman–Crippen LogP) is 4.01.